The molecular formula is C23H25N3O5. The van der Waals surface area contributed by atoms with Crippen molar-refractivity contribution in [1.82, 2.24) is 5.48 Å². The molecule has 8 heteroatoms. The topological polar surface area (TPSA) is 117 Å². The Kier molecular flexibility index (Phi) is 8.22. The molecule has 2 rings (SSSR count). The van der Waals surface area contributed by atoms with E-state index in [9.17, 15) is 14.4 Å². The zero-order valence-corrected chi connectivity index (χ0v) is 17.6. The van der Waals surface area contributed by atoms with Crippen LogP contribution < -0.4 is 10.8 Å². The minimum Gasteiger partial charge on any atom is -0.444 e. The number of hydroxylamine groups is 1. The third kappa shape index (κ3) is 8.63. The highest BCUT2D eigenvalue weighted by atomic mass is 16.6. The highest BCUT2D eigenvalue weighted by Crippen LogP contribution is 2.12. The van der Waals surface area contributed by atoms with Crippen molar-refractivity contribution >= 4 is 35.8 Å². The van der Waals surface area contributed by atoms with Crippen molar-refractivity contribution in [3.05, 3.63) is 71.3 Å². The van der Waals surface area contributed by atoms with Gasteiger partial charge in [-0.15, -0.1) is 0 Å². The molecule has 0 aliphatic heterocycles. The second-order valence-electron chi connectivity index (χ2n) is 7.57. The van der Waals surface area contributed by atoms with E-state index >= 15 is 0 Å². The minimum atomic E-state index is -0.636. The van der Waals surface area contributed by atoms with Crippen molar-refractivity contribution in [2.75, 3.05) is 11.9 Å². The minimum absolute atomic E-state index is 0.0139. The lowest BCUT2D eigenvalue weighted by Gasteiger charge is -2.19. The van der Waals surface area contributed by atoms with Crippen molar-refractivity contribution in [2.24, 2.45) is 4.99 Å². The molecule has 0 atom stereocenters. The highest BCUT2D eigenvalue weighted by Gasteiger charge is 2.16. The number of hydrogen-bond donors (Lipinski definition) is 3. The summed E-state index contributed by atoms with van der Waals surface area (Å²) in [6.07, 6.45) is 3.74. The average molecular weight is 423 g/mol. The maximum absolute atomic E-state index is 12.3. The Hall–Kier alpha value is -3.78. The van der Waals surface area contributed by atoms with E-state index in [4.69, 9.17) is 9.94 Å². The molecule has 31 heavy (non-hydrogen) atoms. The van der Waals surface area contributed by atoms with Crippen LogP contribution in [0, 0.1) is 0 Å². The number of aliphatic imine (C=N–C) groups is 1. The van der Waals surface area contributed by atoms with Gasteiger partial charge in [-0.25, -0.2) is 10.3 Å². The maximum Gasteiger partial charge on any atom is 0.412 e. The molecule has 0 aliphatic carbocycles. The van der Waals surface area contributed by atoms with Gasteiger partial charge in [0.2, 0.25) is 0 Å². The van der Waals surface area contributed by atoms with Gasteiger partial charge in [0, 0.05) is 23.5 Å². The van der Waals surface area contributed by atoms with Gasteiger partial charge in [-0.05, 0) is 50.1 Å². The average Bonchev–Trinajstić information content (AvgIpc) is 2.72. The number of benzene rings is 2. The van der Waals surface area contributed by atoms with Crippen LogP contribution in [0.15, 0.2) is 59.6 Å². The summed E-state index contributed by atoms with van der Waals surface area (Å²) in [4.78, 5) is 39.2. The third-order valence-corrected chi connectivity index (χ3v) is 3.80. The van der Waals surface area contributed by atoms with E-state index in [1.54, 1.807) is 75.5 Å². The van der Waals surface area contributed by atoms with Gasteiger partial charge in [0.1, 0.15) is 12.1 Å². The Labute approximate surface area is 180 Å². The molecule has 3 N–H and O–H groups in total. The Morgan fingerprint density at radius 3 is 2.19 bits per heavy atom. The molecule has 0 unspecified atom stereocenters. The molecule has 0 radical (unpaired) electrons. The lowest BCUT2D eigenvalue weighted by atomic mass is 10.1. The van der Waals surface area contributed by atoms with Gasteiger partial charge in [0.15, 0.2) is 5.78 Å². The summed E-state index contributed by atoms with van der Waals surface area (Å²) in [5.74, 6) is -0.786. The van der Waals surface area contributed by atoms with Crippen molar-refractivity contribution in [3.63, 3.8) is 0 Å². The Balaban J connectivity index is 1.87. The molecule has 0 aliphatic rings. The van der Waals surface area contributed by atoms with Crippen LogP contribution in [0.2, 0.25) is 0 Å². The number of nitrogens with zero attached hydrogens (tertiary/aromatic N) is 1. The summed E-state index contributed by atoms with van der Waals surface area (Å²) in [6, 6.07) is 13.6. The largest absolute Gasteiger partial charge is 0.444 e. The number of anilines is 1. The van der Waals surface area contributed by atoms with E-state index in [1.807, 2.05) is 0 Å². The lowest BCUT2D eigenvalue weighted by Crippen LogP contribution is -2.27. The summed E-state index contributed by atoms with van der Waals surface area (Å²) in [7, 11) is 0. The molecule has 2 aromatic rings. The first-order chi connectivity index (χ1) is 14.7. The zero-order chi connectivity index (χ0) is 22.9. The van der Waals surface area contributed by atoms with Crippen LogP contribution in [0.1, 0.15) is 42.3 Å². The molecular weight excluding hydrogens is 398 g/mol. The van der Waals surface area contributed by atoms with Gasteiger partial charge < -0.3 is 4.74 Å². The first-order valence-corrected chi connectivity index (χ1v) is 9.51. The van der Waals surface area contributed by atoms with Crippen molar-refractivity contribution in [1.29, 1.82) is 0 Å². The fourth-order valence-electron chi connectivity index (χ4n) is 2.39. The van der Waals surface area contributed by atoms with Gasteiger partial charge in [0.05, 0.1) is 0 Å². The van der Waals surface area contributed by atoms with E-state index in [2.05, 4.69) is 10.3 Å². The molecule has 8 nitrogen and oxygen atoms in total. The van der Waals surface area contributed by atoms with Gasteiger partial charge in [-0.2, -0.15) is 0 Å². The molecule has 0 saturated heterocycles. The summed E-state index contributed by atoms with van der Waals surface area (Å²) in [5, 5.41) is 11.1. The van der Waals surface area contributed by atoms with E-state index in [0.29, 0.717) is 16.8 Å². The Morgan fingerprint density at radius 2 is 1.61 bits per heavy atom. The number of Topliss-reactive ketones (excluding diaryl/α,β-unsaturated/α-hetero) is 1. The predicted molar refractivity (Wildman–Crippen MR) is 118 cm³/mol. The monoisotopic (exact) mass is 423 g/mol. The van der Waals surface area contributed by atoms with E-state index in [-0.39, 0.29) is 12.3 Å². The smallest absolute Gasteiger partial charge is 0.412 e. The molecule has 0 saturated carbocycles. The van der Waals surface area contributed by atoms with E-state index in [0.717, 1.165) is 5.56 Å². The zero-order valence-electron chi connectivity index (χ0n) is 17.6. The molecule has 0 fully saturated rings. The van der Waals surface area contributed by atoms with Crippen LogP contribution >= 0.6 is 0 Å². The standard InChI is InChI=1S/C23H25N3O5/c1-23(2,3)31-22(29)25-19-11-6-17(7-12-19)14-24-15-20(27)18-9-4-16(5-10-18)8-13-21(28)26-30/h4-14,30H,15H2,1-3H3,(H,25,29)(H,26,28)/b13-8+,24-14?. The number of carbonyl (C=O) groups is 3. The first kappa shape index (κ1) is 23.5. The van der Waals surface area contributed by atoms with Gasteiger partial charge in [-0.3, -0.25) is 25.1 Å². The summed E-state index contributed by atoms with van der Waals surface area (Å²) < 4.78 is 5.20. The fraction of sp³-hybridized carbons (Fsp3) is 0.217. The molecule has 2 amide bonds. The molecule has 2 aromatic carbocycles. The van der Waals surface area contributed by atoms with Crippen molar-refractivity contribution in [3.8, 4) is 0 Å². The second-order valence-corrected chi connectivity index (χ2v) is 7.57. The first-order valence-electron chi connectivity index (χ1n) is 9.51. The third-order valence-electron chi connectivity index (χ3n) is 3.80. The highest BCUT2D eigenvalue weighted by molar-refractivity contribution is 5.99. The molecule has 0 spiro atoms. The fourth-order valence-corrected chi connectivity index (χ4v) is 2.39. The molecule has 0 heterocycles. The number of amides is 2. The summed E-state index contributed by atoms with van der Waals surface area (Å²) in [5.41, 5.74) is 3.51. The van der Waals surface area contributed by atoms with Crippen LogP contribution in [0.5, 0.6) is 0 Å². The van der Waals surface area contributed by atoms with Crippen LogP contribution in [0.3, 0.4) is 0 Å². The van der Waals surface area contributed by atoms with Gasteiger partial charge in [0.25, 0.3) is 5.91 Å². The SMILES string of the molecule is CC(C)(C)OC(=O)Nc1ccc(C=NCC(=O)c2ccc(/C=C/C(=O)NO)cc2)cc1. The number of nitrogens with one attached hydrogen (secondary N) is 2. The Morgan fingerprint density at radius 1 is 1.00 bits per heavy atom. The number of hydrogen-bond acceptors (Lipinski definition) is 6. The van der Waals surface area contributed by atoms with Crippen LogP contribution in [0.25, 0.3) is 6.08 Å². The van der Waals surface area contributed by atoms with Crippen molar-refractivity contribution < 1.29 is 24.3 Å². The van der Waals surface area contributed by atoms with Crippen LogP contribution in [-0.2, 0) is 9.53 Å². The molecule has 0 bridgehead atoms. The number of ether oxygens (including phenoxy) is 1. The van der Waals surface area contributed by atoms with Gasteiger partial charge >= 0.3 is 6.09 Å². The molecule has 162 valence electrons. The van der Waals surface area contributed by atoms with Crippen molar-refractivity contribution in [2.45, 2.75) is 26.4 Å². The quantitative estimate of drug-likeness (QED) is 0.206. The number of carbonyl (C=O) groups excluding carboxylic acids is 3. The normalized spacial score (nSPS) is 11.5. The molecule has 0 aromatic heterocycles. The number of rotatable bonds is 7. The van der Waals surface area contributed by atoms with E-state index < -0.39 is 17.6 Å². The number of ketones is 1. The van der Waals surface area contributed by atoms with Crippen LogP contribution in [-0.4, -0.2) is 41.4 Å². The second kappa shape index (κ2) is 10.8. The van der Waals surface area contributed by atoms with Gasteiger partial charge in [-0.1, -0.05) is 36.4 Å². The predicted octanol–water partition coefficient (Wildman–Crippen LogP) is 3.85. The maximum atomic E-state index is 12.3. The van der Waals surface area contributed by atoms with Crippen LogP contribution in [0.4, 0.5) is 10.5 Å². The van der Waals surface area contributed by atoms with E-state index in [1.165, 1.54) is 17.6 Å². The summed E-state index contributed by atoms with van der Waals surface area (Å²) >= 11 is 0. The summed E-state index contributed by atoms with van der Waals surface area (Å²) in [6.45, 7) is 5.36. The Bertz CT molecular complexity index is 972. The lowest BCUT2D eigenvalue weighted by molar-refractivity contribution is -0.124.